The molecule has 0 fully saturated rings. The van der Waals surface area contributed by atoms with Crippen LogP contribution in [0.3, 0.4) is 0 Å². The number of hydrogen-bond acceptors (Lipinski definition) is 2. The van der Waals surface area contributed by atoms with E-state index >= 15 is 0 Å². The minimum absolute atomic E-state index is 0.388. The zero-order chi connectivity index (χ0) is 16.2. The number of aryl methyl sites for hydroxylation is 2. The van der Waals surface area contributed by atoms with Crippen LogP contribution in [0.1, 0.15) is 47.1 Å². The Labute approximate surface area is 137 Å². The molecule has 2 N–H and O–H groups in total. The average Bonchev–Trinajstić information content (AvgIpc) is 2.71. The van der Waals surface area contributed by atoms with Crippen molar-refractivity contribution in [3.8, 4) is 0 Å². The minimum Gasteiger partial charge on any atom is -0.364 e. The highest BCUT2D eigenvalue weighted by atomic mass is 16.1. The molecule has 1 heterocycles. The second kappa shape index (κ2) is 6.95. The molecule has 3 nitrogen and oxygen atoms in total. The summed E-state index contributed by atoms with van der Waals surface area (Å²) in [7, 11) is 0. The van der Waals surface area contributed by atoms with E-state index in [4.69, 9.17) is 5.73 Å². The molecule has 2 atom stereocenters. The lowest BCUT2D eigenvalue weighted by Gasteiger charge is -2.21. The molecule has 120 valence electrons. The Hall–Kier alpha value is -2.16. The van der Waals surface area contributed by atoms with Gasteiger partial charge in [0, 0.05) is 5.69 Å². The number of amides is 1. The number of aromatic nitrogens is 1. The molecule has 1 aromatic carbocycles. The van der Waals surface area contributed by atoms with E-state index in [0.717, 1.165) is 31.4 Å². The first kappa shape index (κ1) is 15.7. The summed E-state index contributed by atoms with van der Waals surface area (Å²) in [6.07, 6.45) is 5.46. The fourth-order valence-corrected chi connectivity index (χ4v) is 3.62. The summed E-state index contributed by atoms with van der Waals surface area (Å²) in [6, 6.07) is 14.5. The first-order chi connectivity index (χ1) is 11.1. The van der Waals surface area contributed by atoms with Crippen LogP contribution in [0.25, 0.3) is 0 Å². The Morgan fingerprint density at radius 2 is 2.00 bits per heavy atom. The fraction of sp³-hybridized carbons (Fsp3) is 0.400. The molecule has 2 aromatic rings. The Kier molecular flexibility index (Phi) is 4.75. The van der Waals surface area contributed by atoms with Crippen LogP contribution in [-0.2, 0) is 19.3 Å². The Balaban J connectivity index is 1.69. The van der Waals surface area contributed by atoms with Crippen molar-refractivity contribution in [2.24, 2.45) is 17.6 Å². The first-order valence-electron chi connectivity index (χ1n) is 8.46. The van der Waals surface area contributed by atoms with E-state index in [9.17, 15) is 4.79 Å². The van der Waals surface area contributed by atoms with Gasteiger partial charge < -0.3 is 5.73 Å². The lowest BCUT2D eigenvalue weighted by Crippen LogP contribution is -2.15. The molecular formula is C20H24N2O. The lowest BCUT2D eigenvalue weighted by molar-refractivity contribution is 0.0995. The van der Waals surface area contributed by atoms with Gasteiger partial charge in [0.1, 0.15) is 5.69 Å². The van der Waals surface area contributed by atoms with Gasteiger partial charge in [0.2, 0.25) is 0 Å². The fourth-order valence-electron chi connectivity index (χ4n) is 3.62. The van der Waals surface area contributed by atoms with Crippen molar-refractivity contribution >= 4 is 5.91 Å². The molecule has 1 aromatic heterocycles. The van der Waals surface area contributed by atoms with Gasteiger partial charge in [0.05, 0.1) is 0 Å². The molecule has 1 aliphatic rings. The summed E-state index contributed by atoms with van der Waals surface area (Å²) in [6.45, 7) is 2.34. The number of carbonyl (C=O) groups excluding carboxylic acids is 1. The summed E-state index contributed by atoms with van der Waals surface area (Å²) < 4.78 is 0. The van der Waals surface area contributed by atoms with E-state index in [0.29, 0.717) is 17.5 Å². The van der Waals surface area contributed by atoms with Gasteiger partial charge in [0.25, 0.3) is 5.91 Å². The molecule has 0 bridgehead atoms. The van der Waals surface area contributed by atoms with Gasteiger partial charge in [-0.25, -0.2) is 4.98 Å². The molecule has 0 radical (unpaired) electrons. The molecule has 2 unspecified atom stereocenters. The zero-order valence-electron chi connectivity index (χ0n) is 13.7. The van der Waals surface area contributed by atoms with Crippen molar-refractivity contribution in [3.05, 3.63) is 65.0 Å². The van der Waals surface area contributed by atoms with Crippen molar-refractivity contribution in [1.82, 2.24) is 4.98 Å². The topological polar surface area (TPSA) is 56.0 Å². The van der Waals surface area contributed by atoms with Gasteiger partial charge in [-0.05, 0) is 61.1 Å². The third-order valence-corrected chi connectivity index (χ3v) is 5.07. The zero-order valence-corrected chi connectivity index (χ0v) is 13.7. The predicted molar refractivity (Wildman–Crippen MR) is 92.2 cm³/mol. The molecule has 0 saturated heterocycles. The molecule has 1 amide bonds. The summed E-state index contributed by atoms with van der Waals surface area (Å²) in [5, 5.41) is 0. The van der Waals surface area contributed by atoms with Crippen LogP contribution in [-0.4, -0.2) is 10.9 Å². The minimum atomic E-state index is -0.439. The van der Waals surface area contributed by atoms with E-state index < -0.39 is 5.91 Å². The van der Waals surface area contributed by atoms with Crippen LogP contribution >= 0.6 is 0 Å². The van der Waals surface area contributed by atoms with Gasteiger partial charge in [0.15, 0.2) is 0 Å². The standard InChI is InChI=1S/C20H24N2O/c1-14-13-17-10-12-19(20(21)23)22-18(17)11-9-16(14)8-7-15-5-3-2-4-6-15/h2-6,10,12,14,16H,7-9,11,13H2,1H3,(H2,21,23). The lowest BCUT2D eigenvalue weighted by atomic mass is 9.84. The van der Waals surface area contributed by atoms with Crippen molar-refractivity contribution in [1.29, 1.82) is 0 Å². The summed E-state index contributed by atoms with van der Waals surface area (Å²) >= 11 is 0. The van der Waals surface area contributed by atoms with Gasteiger partial charge in [-0.15, -0.1) is 0 Å². The summed E-state index contributed by atoms with van der Waals surface area (Å²) in [5.74, 6) is 0.897. The first-order valence-corrected chi connectivity index (χ1v) is 8.46. The maximum atomic E-state index is 11.3. The van der Waals surface area contributed by atoms with Crippen LogP contribution < -0.4 is 5.73 Å². The number of fused-ring (bicyclic) bond motifs is 1. The van der Waals surface area contributed by atoms with Crippen LogP contribution in [0.5, 0.6) is 0 Å². The highest BCUT2D eigenvalue weighted by Crippen LogP contribution is 2.31. The summed E-state index contributed by atoms with van der Waals surface area (Å²) in [4.78, 5) is 15.8. The third-order valence-electron chi connectivity index (χ3n) is 5.07. The molecular weight excluding hydrogens is 284 g/mol. The molecule has 0 saturated carbocycles. The molecule has 1 aliphatic carbocycles. The smallest absolute Gasteiger partial charge is 0.267 e. The number of rotatable bonds is 4. The molecule has 3 heteroatoms. The Bertz CT molecular complexity index is 681. The van der Waals surface area contributed by atoms with Crippen molar-refractivity contribution in [3.63, 3.8) is 0 Å². The van der Waals surface area contributed by atoms with Gasteiger partial charge in [-0.2, -0.15) is 0 Å². The number of nitrogens with two attached hydrogens (primary N) is 1. The molecule has 0 aliphatic heterocycles. The summed E-state index contributed by atoms with van der Waals surface area (Å²) in [5.41, 5.74) is 9.50. The van der Waals surface area contributed by atoms with Crippen LogP contribution in [0, 0.1) is 11.8 Å². The highest BCUT2D eigenvalue weighted by molar-refractivity contribution is 5.90. The SMILES string of the molecule is CC1Cc2ccc(C(N)=O)nc2CCC1CCc1ccccc1. The second-order valence-electron chi connectivity index (χ2n) is 6.67. The van der Waals surface area contributed by atoms with Gasteiger partial charge >= 0.3 is 0 Å². The van der Waals surface area contributed by atoms with Crippen LogP contribution in [0.15, 0.2) is 42.5 Å². The predicted octanol–water partition coefficient (Wildman–Crippen LogP) is 3.55. The third kappa shape index (κ3) is 3.79. The van der Waals surface area contributed by atoms with Gasteiger partial charge in [-0.1, -0.05) is 43.3 Å². The Morgan fingerprint density at radius 1 is 1.22 bits per heavy atom. The second-order valence-corrected chi connectivity index (χ2v) is 6.67. The normalized spacial score (nSPS) is 20.6. The Morgan fingerprint density at radius 3 is 2.74 bits per heavy atom. The maximum absolute atomic E-state index is 11.3. The number of pyridine rings is 1. The molecule has 3 rings (SSSR count). The number of primary amides is 1. The molecule has 0 spiro atoms. The van der Waals surface area contributed by atoms with E-state index in [1.807, 2.05) is 6.07 Å². The van der Waals surface area contributed by atoms with Crippen molar-refractivity contribution < 1.29 is 4.79 Å². The number of carbonyl (C=O) groups is 1. The monoisotopic (exact) mass is 308 g/mol. The van der Waals surface area contributed by atoms with Crippen molar-refractivity contribution in [2.75, 3.05) is 0 Å². The molecule has 23 heavy (non-hydrogen) atoms. The highest BCUT2D eigenvalue weighted by Gasteiger charge is 2.24. The van der Waals surface area contributed by atoms with E-state index in [2.05, 4.69) is 42.2 Å². The van der Waals surface area contributed by atoms with Gasteiger partial charge in [-0.3, -0.25) is 4.79 Å². The average molecular weight is 308 g/mol. The van der Waals surface area contributed by atoms with Crippen molar-refractivity contribution in [2.45, 2.75) is 39.0 Å². The van der Waals surface area contributed by atoms with E-state index in [-0.39, 0.29) is 0 Å². The van der Waals surface area contributed by atoms with Crippen LogP contribution in [0.2, 0.25) is 0 Å². The van der Waals surface area contributed by atoms with E-state index in [1.165, 1.54) is 17.5 Å². The van der Waals surface area contributed by atoms with Crippen LogP contribution in [0.4, 0.5) is 0 Å². The maximum Gasteiger partial charge on any atom is 0.267 e. The van der Waals surface area contributed by atoms with E-state index in [1.54, 1.807) is 6.07 Å². The number of hydrogen-bond donors (Lipinski definition) is 1. The quantitative estimate of drug-likeness (QED) is 0.878. The number of nitrogens with zero attached hydrogens (tertiary/aromatic N) is 1. The number of benzene rings is 1. The largest absolute Gasteiger partial charge is 0.364 e.